The summed E-state index contributed by atoms with van der Waals surface area (Å²) >= 11 is 0. The molecule has 0 bridgehead atoms. The standard InChI is InChI=1S/C12H14N4O2/c1-7-3-4-9(16(17)18)5-10(7)12-14-6-11(15-12)8(2)13/h3-6,8H,13H2,1-2H3,(H,14,15). The summed E-state index contributed by atoms with van der Waals surface area (Å²) < 4.78 is 0. The molecule has 0 saturated carbocycles. The van der Waals surface area contributed by atoms with E-state index in [0.717, 1.165) is 16.8 Å². The second-order valence-electron chi connectivity index (χ2n) is 4.23. The van der Waals surface area contributed by atoms with Crippen molar-refractivity contribution in [2.24, 2.45) is 5.73 Å². The largest absolute Gasteiger partial charge is 0.341 e. The number of rotatable bonds is 3. The molecular weight excluding hydrogens is 232 g/mol. The van der Waals surface area contributed by atoms with Crippen molar-refractivity contribution in [2.75, 3.05) is 0 Å². The molecule has 0 aliphatic rings. The number of benzene rings is 1. The van der Waals surface area contributed by atoms with Gasteiger partial charge in [0.2, 0.25) is 0 Å². The fourth-order valence-corrected chi connectivity index (χ4v) is 1.68. The van der Waals surface area contributed by atoms with Crippen LogP contribution in [0.3, 0.4) is 0 Å². The van der Waals surface area contributed by atoms with Gasteiger partial charge in [-0.25, -0.2) is 4.98 Å². The number of hydrogen-bond acceptors (Lipinski definition) is 4. The predicted molar refractivity (Wildman–Crippen MR) is 68.0 cm³/mol. The molecule has 0 spiro atoms. The topological polar surface area (TPSA) is 97.8 Å². The smallest absolute Gasteiger partial charge is 0.270 e. The predicted octanol–water partition coefficient (Wildman–Crippen LogP) is 2.31. The third-order valence-corrected chi connectivity index (χ3v) is 2.77. The SMILES string of the molecule is Cc1ccc([N+](=O)[O-])cc1-c1ncc(C(C)N)[nH]1. The molecule has 0 fully saturated rings. The van der Waals surface area contributed by atoms with Gasteiger partial charge >= 0.3 is 0 Å². The van der Waals surface area contributed by atoms with E-state index in [0.29, 0.717) is 5.82 Å². The van der Waals surface area contributed by atoms with Crippen molar-refractivity contribution < 1.29 is 4.92 Å². The minimum Gasteiger partial charge on any atom is -0.341 e. The van der Waals surface area contributed by atoms with Gasteiger partial charge < -0.3 is 10.7 Å². The van der Waals surface area contributed by atoms with E-state index in [2.05, 4.69) is 9.97 Å². The Morgan fingerprint density at radius 3 is 2.78 bits per heavy atom. The molecule has 0 amide bonds. The first-order valence-corrected chi connectivity index (χ1v) is 5.55. The molecule has 1 aromatic heterocycles. The summed E-state index contributed by atoms with van der Waals surface area (Å²) in [5.74, 6) is 0.600. The number of nitrogens with zero attached hydrogens (tertiary/aromatic N) is 2. The van der Waals surface area contributed by atoms with Gasteiger partial charge in [-0.3, -0.25) is 10.1 Å². The lowest BCUT2D eigenvalue weighted by atomic mass is 10.1. The lowest BCUT2D eigenvalue weighted by Crippen LogP contribution is -2.04. The summed E-state index contributed by atoms with van der Waals surface area (Å²) in [5, 5.41) is 10.8. The average Bonchev–Trinajstić information content (AvgIpc) is 2.78. The quantitative estimate of drug-likeness (QED) is 0.641. The van der Waals surface area contributed by atoms with Crippen LogP contribution in [0.1, 0.15) is 24.2 Å². The highest BCUT2D eigenvalue weighted by molar-refractivity contribution is 5.64. The highest BCUT2D eigenvalue weighted by atomic mass is 16.6. The Morgan fingerprint density at radius 1 is 1.50 bits per heavy atom. The number of nitrogens with one attached hydrogen (secondary N) is 1. The van der Waals surface area contributed by atoms with Gasteiger partial charge in [-0.15, -0.1) is 0 Å². The highest BCUT2D eigenvalue weighted by Crippen LogP contribution is 2.26. The van der Waals surface area contributed by atoms with Crippen LogP contribution in [-0.2, 0) is 0 Å². The monoisotopic (exact) mass is 246 g/mol. The van der Waals surface area contributed by atoms with Gasteiger partial charge in [0.25, 0.3) is 5.69 Å². The molecule has 94 valence electrons. The highest BCUT2D eigenvalue weighted by Gasteiger charge is 2.13. The van der Waals surface area contributed by atoms with Gasteiger partial charge in [0.15, 0.2) is 0 Å². The number of non-ortho nitro benzene ring substituents is 1. The Labute approximate surface area is 104 Å². The van der Waals surface area contributed by atoms with Crippen molar-refractivity contribution in [3.63, 3.8) is 0 Å². The maximum atomic E-state index is 10.8. The number of imidazole rings is 1. The number of aromatic nitrogens is 2. The zero-order valence-electron chi connectivity index (χ0n) is 10.2. The Bertz CT molecular complexity index is 590. The minimum atomic E-state index is -0.418. The first-order valence-electron chi connectivity index (χ1n) is 5.55. The van der Waals surface area contributed by atoms with Crippen LogP contribution in [0.5, 0.6) is 0 Å². The van der Waals surface area contributed by atoms with Gasteiger partial charge in [-0.1, -0.05) is 6.07 Å². The van der Waals surface area contributed by atoms with Crippen LogP contribution in [0.2, 0.25) is 0 Å². The molecule has 6 heteroatoms. The lowest BCUT2D eigenvalue weighted by molar-refractivity contribution is -0.384. The van der Waals surface area contributed by atoms with Crippen LogP contribution in [0.25, 0.3) is 11.4 Å². The molecule has 18 heavy (non-hydrogen) atoms. The zero-order valence-corrected chi connectivity index (χ0v) is 10.2. The first-order chi connectivity index (χ1) is 8.49. The normalized spacial score (nSPS) is 12.4. The maximum Gasteiger partial charge on any atom is 0.270 e. The summed E-state index contributed by atoms with van der Waals surface area (Å²) in [6.45, 7) is 3.73. The fraction of sp³-hybridized carbons (Fsp3) is 0.250. The summed E-state index contributed by atoms with van der Waals surface area (Å²) in [6.07, 6.45) is 1.65. The first kappa shape index (κ1) is 12.3. The van der Waals surface area contributed by atoms with E-state index in [-0.39, 0.29) is 11.7 Å². The van der Waals surface area contributed by atoms with Crippen LogP contribution in [-0.4, -0.2) is 14.9 Å². The number of H-pyrrole nitrogens is 1. The Hall–Kier alpha value is -2.21. The second kappa shape index (κ2) is 4.58. The number of aryl methyl sites for hydroxylation is 1. The van der Waals surface area contributed by atoms with Crippen molar-refractivity contribution in [2.45, 2.75) is 19.9 Å². The summed E-state index contributed by atoms with van der Waals surface area (Å²) in [6, 6.07) is 4.56. The number of nitro groups is 1. The maximum absolute atomic E-state index is 10.8. The van der Waals surface area contributed by atoms with Crippen LogP contribution in [0.15, 0.2) is 24.4 Å². The molecule has 1 unspecified atom stereocenters. The number of nitro benzene ring substituents is 1. The molecule has 0 radical (unpaired) electrons. The Morgan fingerprint density at radius 2 is 2.22 bits per heavy atom. The van der Waals surface area contributed by atoms with Crippen LogP contribution in [0.4, 0.5) is 5.69 Å². The molecule has 0 aliphatic carbocycles. The van der Waals surface area contributed by atoms with Crippen LogP contribution < -0.4 is 5.73 Å². The number of aromatic amines is 1. The van der Waals surface area contributed by atoms with E-state index < -0.39 is 4.92 Å². The van der Waals surface area contributed by atoms with Crippen molar-refractivity contribution in [3.05, 3.63) is 45.8 Å². The molecule has 1 atom stereocenters. The third kappa shape index (κ3) is 2.23. The Balaban J connectivity index is 2.48. The molecule has 0 aliphatic heterocycles. The van der Waals surface area contributed by atoms with Crippen LogP contribution >= 0.6 is 0 Å². The van der Waals surface area contributed by atoms with Crippen molar-refractivity contribution in [1.29, 1.82) is 0 Å². The molecule has 2 aromatic rings. The zero-order chi connectivity index (χ0) is 13.3. The Kier molecular flexibility index (Phi) is 3.12. The molecule has 2 rings (SSSR count). The van der Waals surface area contributed by atoms with E-state index >= 15 is 0 Å². The summed E-state index contributed by atoms with van der Waals surface area (Å²) in [4.78, 5) is 17.6. The summed E-state index contributed by atoms with van der Waals surface area (Å²) in [7, 11) is 0. The van der Waals surface area contributed by atoms with Gasteiger partial charge in [-0.2, -0.15) is 0 Å². The van der Waals surface area contributed by atoms with Gasteiger partial charge in [0, 0.05) is 23.7 Å². The molecule has 3 N–H and O–H groups in total. The fourth-order valence-electron chi connectivity index (χ4n) is 1.68. The summed E-state index contributed by atoms with van der Waals surface area (Å²) in [5.41, 5.74) is 8.23. The van der Waals surface area contributed by atoms with E-state index in [9.17, 15) is 10.1 Å². The minimum absolute atomic E-state index is 0.0503. The number of hydrogen-bond donors (Lipinski definition) is 2. The third-order valence-electron chi connectivity index (χ3n) is 2.77. The van der Waals surface area contributed by atoms with Crippen molar-refractivity contribution >= 4 is 5.69 Å². The van der Waals surface area contributed by atoms with E-state index in [1.807, 2.05) is 13.8 Å². The van der Waals surface area contributed by atoms with Gasteiger partial charge in [0.1, 0.15) is 5.82 Å². The van der Waals surface area contributed by atoms with E-state index in [1.165, 1.54) is 12.1 Å². The van der Waals surface area contributed by atoms with E-state index in [4.69, 9.17) is 5.73 Å². The number of nitrogens with two attached hydrogens (primary N) is 1. The van der Waals surface area contributed by atoms with E-state index in [1.54, 1.807) is 12.3 Å². The van der Waals surface area contributed by atoms with Crippen molar-refractivity contribution in [3.8, 4) is 11.4 Å². The van der Waals surface area contributed by atoms with Gasteiger partial charge in [-0.05, 0) is 19.4 Å². The average molecular weight is 246 g/mol. The van der Waals surface area contributed by atoms with Crippen LogP contribution in [0, 0.1) is 17.0 Å². The molecule has 0 saturated heterocycles. The second-order valence-corrected chi connectivity index (χ2v) is 4.23. The molecule has 6 nitrogen and oxygen atoms in total. The molecular formula is C12H14N4O2. The lowest BCUT2D eigenvalue weighted by Gasteiger charge is -2.03. The van der Waals surface area contributed by atoms with Crippen molar-refractivity contribution in [1.82, 2.24) is 9.97 Å². The molecule has 1 heterocycles. The van der Waals surface area contributed by atoms with Gasteiger partial charge in [0.05, 0.1) is 16.8 Å². The molecule has 1 aromatic carbocycles.